The Morgan fingerprint density at radius 3 is 3.10 bits per heavy atom. The quantitative estimate of drug-likeness (QED) is 0.822. The molecule has 0 radical (unpaired) electrons. The van der Waals surface area contributed by atoms with Gasteiger partial charge in [-0.05, 0) is 24.6 Å². The van der Waals surface area contributed by atoms with Crippen LogP contribution in [0.1, 0.15) is 6.42 Å². The molecule has 3 rings (SSSR count). The summed E-state index contributed by atoms with van der Waals surface area (Å²) in [5.41, 5.74) is 7.86. The zero-order chi connectivity index (χ0) is 14.8. The number of amides is 1. The highest BCUT2D eigenvalue weighted by Gasteiger charge is 2.25. The molecule has 2 heterocycles. The lowest BCUT2D eigenvalue weighted by atomic mass is 10.1. The molecular formula is C15H18N4O2. The van der Waals surface area contributed by atoms with Crippen molar-refractivity contribution >= 4 is 28.2 Å². The molecule has 6 heteroatoms. The topological polar surface area (TPSA) is 80.5 Å². The summed E-state index contributed by atoms with van der Waals surface area (Å²) in [6.07, 6.45) is 4.09. The highest BCUT2D eigenvalue weighted by molar-refractivity contribution is 6.00. The van der Waals surface area contributed by atoms with Crippen LogP contribution in [-0.4, -0.2) is 37.3 Å². The molecule has 1 aliphatic rings. The van der Waals surface area contributed by atoms with Crippen LogP contribution in [0, 0.1) is 0 Å². The maximum Gasteiger partial charge on any atom is 0.407 e. The number of carbonyl (C=O) groups is 1. The van der Waals surface area contributed by atoms with Crippen molar-refractivity contribution in [3.8, 4) is 0 Å². The van der Waals surface area contributed by atoms with E-state index >= 15 is 0 Å². The monoisotopic (exact) mass is 286 g/mol. The molecule has 1 aromatic carbocycles. The Labute approximate surface area is 122 Å². The van der Waals surface area contributed by atoms with Crippen molar-refractivity contribution in [1.82, 2.24) is 10.3 Å². The first kappa shape index (κ1) is 13.5. The van der Waals surface area contributed by atoms with Crippen molar-refractivity contribution < 1.29 is 9.53 Å². The first-order valence-corrected chi connectivity index (χ1v) is 6.90. The molecular weight excluding hydrogens is 268 g/mol. The molecule has 0 spiro atoms. The summed E-state index contributed by atoms with van der Waals surface area (Å²) in [5.74, 6) is 0. The lowest BCUT2D eigenvalue weighted by Gasteiger charge is -2.21. The molecule has 0 bridgehead atoms. The van der Waals surface area contributed by atoms with Gasteiger partial charge in [0.05, 0.1) is 13.2 Å². The lowest BCUT2D eigenvalue weighted by molar-refractivity contribution is 0.167. The highest BCUT2D eigenvalue weighted by atomic mass is 16.5. The maximum absolute atomic E-state index is 11.3. The minimum atomic E-state index is -0.384. The van der Waals surface area contributed by atoms with Crippen LogP contribution in [0.5, 0.6) is 0 Å². The van der Waals surface area contributed by atoms with E-state index in [9.17, 15) is 4.79 Å². The third-order valence-corrected chi connectivity index (χ3v) is 3.87. The number of nitrogens with two attached hydrogens (primary N) is 1. The van der Waals surface area contributed by atoms with Gasteiger partial charge in [0.25, 0.3) is 0 Å². The molecule has 1 unspecified atom stereocenters. The predicted molar refractivity (Wildman–Crippen MR) is 82.3 cm³/mol. The number of carbonyl (C=O) groups excluding carboxylic acids is 1. The molecule has 1 saturated heterocycles. The first-order valence-electron chi connectivity index (χ1n) is 6.90. The molecule has 0 saturated carbocycles. The van der Waals surface area contributed by atoms with Crippen LogP contribution in [0.25, 0.3) is 10.8 Å². The van der Waals surface area contributed by atoms with E-state index < -0.39 is 0 Å². The van der Waals surface area contributed by atoms with Crippen molar-refractivity contribution in [1.29, 1.82) is 0 Å². The number of nitrogens with one attached hydrogen (secondary N) is 1. The Balaban J connectivity index is 1.86. The second-order valence-corrected chi connectivity index (χ2v) is 5.16. The van der Waals surface area contributed by atoms with Gasteiger partial charge in [-0.3, -0.25) is 4.98 Å². The van der Waals surface area contributed by atoms with Crippen molar-refractivity contribution in [3.05, 3.63) is 30.6 Å². The summed E-state index contributed by atoms with van der Waals surface area (Å²) in [5, 5.41) is 4.89. The van der Waals surface area contributed by atoms with Crippen LogP contribution in [0.4, 0.5) is 16.2 Å². The predicted octanol–water partition coefficient (Wildman–Crippen LogP) is 1.75. The molecule has 3 N–H and O–H groups in total. The van der Waals surface area contributed by atoms with E-state index in [1.807, 2.05) is 24.4 Å². The summed E-state index contributed by atoms with van der Waals surface area (Å²) < 4.78 is 4.64. The third kappa shape index (κ3) is 2.56. The number of alkyl carbamates (subject to hydrolysis) is 1. The number of pyridine rings is 1. The van der Waals surface area contributed by atoms with Crippen LogP contribution in [-0.2, 0) is 4.74 Å². The van der Waals surface area contributed by atoms with Crippen LogP contribution in [0.15, 0.2) is 30.6 Å². The van der Waals surface area contributed by atoms with Gasteiger partial charge < -0.3 is 20.7 Å². The number of methoxy groups -OCH3 is 1. The summed E-state index contributed by atoms with van der Waals surface area (Å²) >= 11 is 0. The average molecular weight is 286 g/mol. The van der Waals surface area contributed by atoms with Gasteiger partial charge >= 0.3 is 6.09 Å². The number of hydrogen-bond donors (Lipinski definition) is 2. The Hall–Kier alpha value is -2.50. The minimum Gasteiger partial charge on any atom is -0.453 e. The standard InChI is InChI=1S/C15H18N4O2/c1-21-15(20)18-10-5-7-19(9-10)14-3-2-13(16)11-4-6-17-8-12(11)14/h2-4,6,8,10H,5,7,9,16H2,1H3,(H,18,20). The number of aromatic nitrogens is 1. The van der Waals surface area contributed by atoms with Crippen LogP contribution in [0.3, 0.4) is 0 Å². The maximum atomic E-state index is 11.3. The number of nitrogens with zero attached hydrogens (tertiary/aromatic N) is 2. The van der Waals surface area contributed by atoms with Gasteiger partial charge in [-0.25, -0.2) is 4.79 Å². The molecule has 0 aliphatic carbocycles. The van der Waals surface area contributed by atoms with E-state index in [0.29, 0.717) is 0 Å². The average Bonchev–Trinajstić information content (AvgIpc) is 2.96. The van der Waals surface area contributed by atoms with Gasteiger partial charge in [-0.1, -0.05) is 0 Å². The van der Waals surface area contributed by atoms with Gasteiger partial charge in [0.2, 0.25) is 0 Å². The summed E-state index contributed by atoms with van der Waals surface area (Å²) in [4.78, 5) is 17.7. The largest absolute Gasteiger partial charge is 0.453 e. The zero-order valence-electron chi connectivity index (χ0n) is 11.9. The molecule has 6 nitrogen and oxygen atoms in total. The summed E-state index contributed by atoms with van der Waals surface area (Å²) in [7, 11) is 1.38. The third-order valence-electron chi connectivity index (χ3n) is 3.87. The Bertz CT molecular complexity index is 674. The number of anilines is 2. The minimum absolute atomic E-state index is 0.0988. The van der Waals surface area contributed by atoms with Crippen LogP contribution >= 0.6 is 0 Å². The second-order valence-electron chi connectivity index (χ2n) is 5.16. The van der Waals surface area contributed by atoms with Crippen molar-refractivity contribution in [2.24, 2.45) is 0 Å². The van der Waals surface area contributed by atoms with E-state index in [2.05, 4.69) is 19.9 Å². The first-order chi connectivity index (χ1) is 10.2. The van der Waals surface area contributed by atoms with Crippen molar-refractivity contribution in [3.63, 3.8) is 0 Å². The molecule has 1 atom stereocenters. The van der Waals surface area contributed by atoms with E-state index in [0.717, 1.165) is 41.7 Å². The van der Waals surface area contributed by atoms with Gasteiger partial charge in [0, 0.05) is 47.6 Å². The van der Waals surface area contributed by atoms with E-state index in [-0.39, 0.29) is 12.1 Å². The van der Waals surface area contributed by atoms with Crippen molar-refractivity contribution in [2.75, 3.05) is 30.8 Å². The lowest BCUT2D eigenvalue weighted by Crippen LogP contribution is -2.37. The van der Waals surface area contributed by atoms with Gasteiger partial charge in [-0.15, -0.1) is 0 Å². The van der Waals surface area contributed by atoms with Crippen molar-refractivity contribution in [2.45, 2.75) is 12.5 Å². The Kier molecular flexibility index (Phi) is 3.51. The molecule has 110 valence electrons. The van der Waals surface area contributed by atoms with Gasteiger partial charge in [0.1, 0.15) is 0 Å². The molecule has 1 amide bonds. The number of ether oxygens (including phenoxy) is 1. The van der Waals surface area contributed by atoms with E-state index in [1.165, 1.54) is 7.11 Å². The number of benzene rings is 1. The van der Waals surface area contributed by atoms with Crippen LogP contribution < -0.4 is 16.0 Å². The molecule has 1 aromatic heterocycles. The zero-order valence-corrected chi connectivity index (χ0v) is 11.9. The molecule has 1 aliphatic heterocycles. The molecule has 21 heavy (non-hydrogen) atoms. The second kappa shape index (κ2) is 5.47. The van der Waals surface area contributed by atoms with Gasteiger partial charge in [0.15, 0.2) is 0 Å². The number of nitrogen functional groups attached to an aromatic ring is 1. The SMILES string of the molecule is COC(=O)NC1CCN(c2ccc(N)c3ccncc23)C1. The summed E-state index contributed by atoms with van der Waals surface area (Å²) in [6.45, 7) is 1.63. The fraction of sp³-hybridized carbons (Fsp3) is 0.333. The Morgan fingerprint density at radius 1 is 1.43 bits per heavy atom. The number of rotatable bonds is 2. The molecule has 1 fully saturated rings. The smallest absolute Gasteiger partial charge is 0.407 e. The fourth-order valence-electron chi connectivity index (χ4n) is 2.80. The van der Waals surface area contributed by atoms with E-state index in [4.69, 9.17) is 5.73 Å². The van der Waals surface area contributed by atoms with E-state index in [1.54, 1.807) is 6.20 Å². The molecule has 2 aromatic rings. The number of fused-ring (bicyclic) bond motifs is 1. The normalized spacial score (nSPS) is 18.0. The number of hydrogen-bond acceptors (Lipinski definition) is 5. The Morgan fingerprint density at radius 2 is 2.29 bits per heavy atom. The van der Waals surface area contributed by atoms with Crippen LogP contribution in [0.2, 0.25) is 0 Å². The fourth-order valence-corrected chi connectivity index (χ4v) is 2.80. The highest BCUT2D eigenvalue weighted by Crippen LogP contribution is 2.32. The van der Waals surface area contributed by atoms with Gasteiger partial charge in [-0.2, -0.15) is 0 Å². The summed E-state index contributed by atoms with van der Waals surface area (Å²) in [6, 6.07) is 5.95.